The lowest BCUT2D eigenvalue weighted by Gasteiger charge is -2.19. The van der Waals surface area contributed by atoms with Gasteiger partial charge >= 0.3 is 0 Å². The molecule has 112 valence electrons. The minimum absolute atomic E-state index is 0.230. The van der Waals surface area contributed by atoms with Crippen LogP contribution in [0.1, 0.15) is 22.8 Å². The molecule has 0 aliphatic heterocycles. The van der Waals surface area contributed by atoms with Crippen molar-refractivity contribution in [3.8, 4) is 0 Å². The van der Waals surface area contributed by atoms with Crippen LogP contribution in [0.5, 0.6) is 0 Å². The molecular weight excluding hydrogens is 266 g/mol. The molecule has 2 unspecified atom stereocenters. The van der Waals surface area contributed by atoms with E-state index in [0.29, 0.717) is 0 Å². The molecule has 2 aromatic rings. The van der Waals surface area contributed by atoms with Gasteiger partial charge in [0.1, 0.15) is 6.10 Å². The van der Waals surface area contributed by atoms with Gasteiger partial charge in [0.05, 0.1) is 12.7 Å². The Morgan fingerprint density at radius 1 is 1.05 bits per heavy atom. The topological polar surface area (TPSA) is 72.7 Å². The molecule has 2 rings (SSSR count). The van der Waals surface area contributed by atoms with Crippen LogP contribution in [0.2, 0.25) is 0 Å². The Morgan fingerprint density at radius 3 is 2.43 bits per heavy atom. The third-order valence-electron chi connectivity index (χ3n) is 3.36. The summed E-state index contributed by atoms with van der Waals surface area (Å²) < 4.78 is 0. The fraction of sp³-hybridized carbons (Fsp3) is 0.294. The van der Waals surface area contributed by atoms with E-state index in [1.807, 2.05) is 55.5 Å². The summed E-state index contributed by atoms with van der Waals surface area (Å²) in [6, 6.07) is 15.2. The van der Waals surface area contributed by atoms with Crippen LogP contribution in [0, 0.1) is 6.92 Å². The van der Waals surface area contributed by atoms with Crippen LogP contribution in [0.4, 0.5) is 5.69 Å². The Kier molecular flexibility index (Phi) is 5.33. The maximum absolute atomic E-state index is 10.6. The summed E-state index contributed by atoms with van der Waals surface area (Å²) in [5, 5.41) is 32.0. The van der Waals surface area contributed by atoms with Crippen LogP contribution in [0.25, 0.3) is 0 Å². The molecule has 4 nitrogen and oxygen atoms in total. The van der Waals surface area contributed by atoms with Crippen LogP contribution < -0.4 is 5.32 Å². The molecule has 0 aliphatic rings. The fourth-order valence-electron chi connectivity index (χ4n) is 2.18. The summed E-state index contributed by atoms with van der Waals surface area (Å²) in [5.41, 5.74) is 3.37. The number of nitrogens with one attached hydrogen (secondary N) is 1. The van der Waals surface area contributed by atoms with Crippen molar-refractivity contribution >= 4 is 5.69 Å². The van der Waals surface area contributed by atoms with E-state index in [4.69, 9.17) is 5.11 Å². The Hall–Kier alpha value is -1.88. The van der Waals surface area contributed by atoms with Crippen molar-refractivity contribution < 1.29 is 15.3 Å². The molecule has 0 fully saturated rings. The van der Waals surface area contributed by atoms with Gasteiger partial charge in [-0.25, -0.2) is 0 Å². The molecule has 21 heavy (non-hydrogen) atoms. The molecule has 0 radical (unpaired) electrons. The van der Waals surface area contributed by atoms with Crippen LogP contribution >= 0.6 is 0 Å². The second-order valence-electron chi connectivity index (χ2n) is 5.12. The van der Waals surface area contributed by atoms with Gasteiger partial charge in [0.2, 0.25) is 0 Å². The number of aliphatic hydroxyl groups excluding tert-OH is 3. The molecule has 0 amide bonds. The zero-order valence-corrected chi connectivity index (χ0v) is 12.0. The molecule has 4 N–H and O–H groups in total. The van der Waals surface area contributed by atoms with Crippen molar-refractivity contribution in [2.75, 3.05) is 18.5 Å². The number of benzene rings is 2. The van der Waals surface area contributed by atoms with Crippen molar-refractivity contribution in [3.63, 3.8) is 0 Å². The SMILES string of the molecule is Cc1ccc(NCC(O)CO)c(C(O)c2ccccc2)c1. The van der Waals surface area contributed by atoms with E-state index in [1.54, 1.807) is 0 Å². The lowest BCUT2D eigenvalue weighted by atomic mass is 9.98. The third kappa shape index (κ3) is 4.04. The molecule has 0 aliphatic carbocycles. The van der Waals surface area contributed by atoms with E-state index in [2.05, 4.69) is 5.32 Å². The molecule has 0 saturated carbocycles. The molecule has 2 aromatic carbocycles. The van der Waals surface area contributed by atoms with E-state index in [9.17, 15) is 10.2 Å². The summed E-state index contributed by atoms with van der Waals surface area (Å²) in [4.78, 5) is 0. The van der Waals surface area contributed by atoms with Crippen molar-refractivity contribution in [1.29, 1.82) is 0 Å². The van der Waals surface area contributed by atoms with E-state index in [1.165, 1.54) is 0 Å². The van der Waals surface area contributed by atoms with Crippen molar-refractivity contribution in [2.24, 2.45) is 0 Å². The number of aliphatic hydroxyl groups is 3. The highest BCUT2D eigenvalue weighted by molar-refractivity contribution is 5.55. The second-order valence-corrected chi connectivity index (χ2v) is 5.12. The highest BCUT2D eigenvalue weighted by atomic mass is 16.3. The summed E-state index contributed by atoms with van der Waals surface area (Å²) in [7, 11) is 0. The fourth-order valence-corrected chi connectivity index (χ4v) is 2.18. The summed E-state index contributed by atoms with van der Waals surface area (Å²) in [5.74, 6) is 0. The smallest absolute Gasteiger partial charge is 0.106 e. The van der Waals surface area contributed by atoms with Crippen LogP contribution in [0.3, 0.4) is 0 Å². The van der Waals surface area contributed by atoms with Gasteiger partial charge in [-0.05, 0) is 18.6 Å². The zero-order valence-electron chi connectivity index (χ0n) is 12.0. The average Bonchev–Trinajstić information content (AvgIpc) is 2.53. The van der Waals surface area contributed by atoms with Gasteiger partial charge in [-0.3, -0.25) is 0 Å². The molecule has 0 saturated heterocycles. The Bertz CT molecular complexity index is 572. The number of aryl methyl sites for hydroxylation is 1. The van der Waals surface area contributed by atoms with Crippen LogP contribution in [0.15, 0.2) is 48.5 Å². The Morgan fingerprint density at radius 2 is 1.76 bits per heavy atom. The first-order chi connectivity index (χ1) is 10.1. The minimum atomic E-state index is -0.826. The summed E-state index contributed by atoms with van der Waals surface area (Å²) in [6.45, 7) is 1.90. The van der Waals surface area contributed by atoms with Crippen molar-refractivity contribution in [1.82, 2.24) is 0 Å². The first kappa shape index (κ1) is 15.5. The van der Waals surface area contributed by atoms with Gasteiger partial charge < -0.3 is 20.6 Å². The number of hydrogen-bond acceptors (Lipinski definition) is 4. The normalized spacial score (nSPS) is 13.7. The van der Waals surface area contributed by atoms with Gasteiger partial charge in [0, 0.05) is 17.8 Å². The molecule has 0 bridgehead atoms. The maximum atomic E-state index is 10.6. The Balaban J connectivity index is 2.26. The molecule has 0 heterocycles. The van der Waals surface area contributed by atoms with Gasteiger partial charge in [-0.2, -0.15) is 0 Å². The van der Waals surface area contributed by atoms with Crippen LogP contribution in [-0.4, -0.2) is 34.6 Å². The number of hydrogen-bond donors (Lipinski definition) is 4. The molecule has 2 atom stereocenters. The quantitative estimate of drug-likeness (QED) is 0.654. The molecule has 0 aromatic heterocycles. The molecule has 4 heteroatoms. The lowest BCUT2D eigenvalue weighted by molar-refractivity contribution is 0.105. The van der Waals surface area contributed by atoms with E-state index in [0.717, 1.165) is 22.4 Å². The summed E-state index contributed by atoms with van der Waals surface area (Å²) >= 11 is 0. The monoisotopic (exact) mass is 287 g/mol. The van der Waals surface area contributed by atoms with E-state index in [-0.39, 0.29) is 13.2 Å². The van der Waals surface area contributed by atoms with E-state index < -0.39 is 12.2 Å². The first-order valence-electron chi connectivity index (χ1n) is 6.98. The van der Waals surface area contributed by atoms with Gasteiger partial charge in [0.15, 0.2) is 0 Å². The highest BCUT2D eigenvalue weighted by Crippen LogP contribution is 2.29. The second kappa shape index (κ2) is 7.22. The predicted octanol–water partition coefficient (Wildman–Crippen LogP) is 1.84. The first-order valence-corrected chi connectivity index (χ1v) is 6.98. The predicted molar refractivity (Wildman–Crippen MR) is 83.3 cm³/mol. The van der Waals surface area contributed by atoms with E-state index >= 15 is 0 Å². The average molecular weight is 287 g/mol. The lowest BCUT2D eigenvalue weighted by Crippen LogP contribution is -2.23. The number of anilines is 1. The van der Waals surface area contributed by atoms with Gasteiger partial charge in [-0.1, -0.05) is 48.0 Å². The summed E-state index contributed by atoms with van der Waals surface area (Å²) in [6.07, 6.45) is -1.56. The highest BCUT2D eigenvalue weighted by Gasteiger charge is 2.15. The van der Waals surface area contributed by atoms with Crippen molar-refractivity contribution in [3.05, 3.63) is 65.2 Å². The minimum Gasteiger partial charge on any atom is -0.394 e. The largest absolute Gasteiger partial charge is 0.394 e. The number of rotatable bonds is 6. The zero-order chi connectivity index (χ0) is 15.2. The maximum Gasteiger partial charge on any atom is 0.106 e. The Labute approximate surface area is 124 Å². The van der Waals surface area contributed by atoms with Gasteiger partial charge in [-0.15, -0.1) is 0 Å². The molecule has 0 spiro atoms. The molecular formula is C17H21NO3. The van der Waals surface area contributed by atoms with Crippen LogP contribution in [-0.2, 0) is 0 Å². The third-order valence-corrected chi connectivity index (χ3v) is 3.36. The van der Waals surface area contributed by atoms with Crippen molar-refractivity contribution in [2.45, 2.75) is 19.1 Å². The van der Waals surface area contributed by atoms with Gasteiger partial charge in [0.25, 0.3) is 0 Å². The standard InChI is InChI=1S/C17H21NO3/c1-12-7-8-16(18-10-14(20)11-19)15(9-12)17(21)13-5-3-2-4-6-13/h2-9,14,17-21H,10-11H2,1H3.